The van der Waals surface area contributed by atoms with Crippen LogP contribution in [-0.4, -0.2) is 29.4 Å². The number of carboxylic acid groups (broad SMARTS) is 1. The van der Waals surface area contributed by atoms with Gasteiger partial charge in [0.25, 0.3) is 0 Å². The van der Waals surface area contributed by atoms with Gasteiger partial charge in [0, 0.05) is 30.3 Å². The van der Waals surface area contributed by atoms with Gasteiger partial charge in [-0.3, -0.25) is 14.4 Å². The minimum Gasteiger partial charge on any atom is -0.481 e. The molecule has 1 aromatic rings. The van der Waals surface area contributed by atoms with Crippen molar-refractivity contribution in [3.05, 3.63) is 24.3 Å². The molecule has 2 N–H and O–H groups in total. The molecule has 1 aliphatic heterocycles. The lowest BCUT2D eigenvalue weighted by Gasteiger charge is -2.18. The third-order valence-corrected chi connectivity index (χ3v) is 4.07. The SMILES string of the molecule is CCC[C@H](C)C(=O)Nc1cccc(N2C[C@H](C(=O)O)CC2=O)c1. The fraction of sp³-hybridized carbons (Fsp3) is 0.471. The molecule has 0 unspecified atom stereocenters. The Morgan fingerprint density at radius 1 is 1.43 bits per heavy atom. The summed E-state index contributed by atoms with van der Waals surface area (Å²) in [5.41, 5.74) is 1.22. The second-order valence-corrected chi connectivity index (χ2v) is 5.97. The van der Waals surface area contributed by atoms with Crippen LogP contribution in [0.3, 0.4) is 0 Å². The Kier molecular flexibility index (Phi) is 5.36. The number of nitrogens with one attached hydrogen (secondary N) is 1. The van der Waals surface area contributed by atoms with Crippen molar-refractivity contribution < 1.29 is 19.5 Å². The lowest BCUT2D eigenvalue weighted by Crippen LogP contribution is -2.26. The van der Waals surface area contributed by atoms with Crippen LogP contribution in [0.1, 0.15) is 33.1 Å². The van der Waals surface area contributed by atoms with Crippen LogP contribution in [-0.2, 0) is 14.4 Å². The Labute approximate surface area is 135 Å². The largest absolute Gasteiger partial charge is 0.481 e. The number of rotatable bonds is 6. The fourth-order valence-electron chi connectivity index (χ4n) is 2.70. The zero-order chi connectivity index (χ0) is 17.0. The number of carbonyl (C=O) groups excluding carboxylic acids is 2. The third-order valence-electron chi connectivity index (χ3n) is 4.07. The molecule has 0 saturated carbocycles. The number of nitrogens with zero attached hydrogens (tertiary/aromatic N) is 1. The summed E-state index contributed by atoms with van der Waals surface area (Å²) in [6.07, 6.45) is 1.77. The van der Waals surface area contributed by atoms with Crippen LogP contribution in [0.2, 0.25) is 0 Å². The number of hydrogen-bond acceptors (Lipinski definition) is 3. The first-order valence-electron chi connectivity index (χ1n) is 7.86. The third kappa shape index (κ3) is 4.09. The van der Waals surface area contributed by atoms with E-state index in [4.69, 9.17) is 5.11 Å². The lowest BCUT2D eigenvalue weighted by atomic mass is 10.1. The molecule has 2 atom stereocenters. The summed E-state index contributed by atoms with van der Waals surface area (Å²) in [5, 5.41) is 11.9. The molecule has 0 spiro atoms. The minimum absolute atomic E-state index is 0.0133. The van der Waals surface area contributed by atoms with E-state index < -0.39 is 11.9 Å². The summed E-state index contributed by atoms with van der Waals surface area (Å²) in [6.45, 7) is 4.07. The number of anilines is 2. The minimum atomic E-state index is -0.960. The van der Waals surface area contributed by atoms with Crippen molar-refractivity contribution in [3.63, 3.8) is 0 Å². The molecule has 6 nitrogen and oxygen atoms in total. The van der Waals surface area contributed by atoms with Crippen molar-refractivity contribution in [2.24, 2.45) is 11.8 Å². The second kappa shape index (κ2) is 7.26. The summed E-state index contributed by atoms with van der Waals surface area (Å²) < 4.78 is 0. The predicted molar refractivity (Wildman–Crippen MR) is 87.2 cm³/mol. The van der Waals surface area contributed by atoms with Gasteiger partial charge in [-0.25, -0.2) is 0 Å². The van der Waals surface area contributed by atoms with Gasteiger partial charge in [-0.05, 0) is 24.6 Å². The van der Waals surface area contributed by atoms with Gasteiger partial charge in [-0.1, -0.05) is 26.3 Å². The molecule has 0 radical (unpaired) electrons. The monoisotopic (exact) mass is 318 g/mol. The molecule has 1 saturated heterocycles. The molecule has 1 fully saturated rings. The smallest absolute Gasteiger partial charge is 0.308 e. The second-order valence-electron chi connectivity index (χ2n) is 5.97. The van der Waals surface area contributed by atoms with Crippen LogP contribution >= 0.6 is 0 Å². The maximum absolute atomic E-state index is 12.1. The predicted octanol–water partition coefficient (Wildman–Crippen LogP) is 2.50. The molecule has 23 heavy (non-hydrogen) atoms. The van der Waals surface area contributed by atoms with Gasteiger partial charge in [-0.15, -0.1) is 0 Å². The maximum atomic E-state index is 12.1. The topological polar surface area (TPSA) is 86.7 Å². The van der Waals surface area contributed by atoms with Crippen molar-refractivity contribution in [2.75, 3.05) is 16.8 Å². The Morgan fingerprint density at radius 2 is 2.17 bits per heavy atom. The van der Waals surface area contributed by atoms with E-state index in [-0.39, 0.29) is 30.7 Å². The Bertz CT molecular complexity index is 614. The highest BCUT2D eigenvalue weighted by molar-refractivity contribution is 6.00. The Hall–Kier alpha value is -2.37. The van der Waals surface area contributed by atoms with Crippen LogP contribution in [0.4, 0.5) is 11.4 Å². The van der Waals surface area contributed by atoms with Crippen LogP contribution in [0.5, 0.6) is 0 Å². The number of hydrogen-bond donors (Lipinski definition) is 2. The van der Waals surface area contributed by atoms with Crippen molar-refractivity contribution in [3.8, 4) is 0 Å². The molecule has 0 aliphatic carbocycles. The summed E-state index contributed by atoms with van der Waals surface area (Å²) in [6, 6.07) is 6.96. The molecule has 0 aromatic heterocycles. The number of carboxylic acids is 1. The lowest BCUT2D eigenvalue weighted by molar-refractivity contribution is -0.141. The van der Waals surface area contributed by atoms with E-state index in [2.05, 4.69) is 5.32 Å². The van der Waals surface area contributed by atoms with Crippen molar-refractivity contribution in [1.82, 2.24) is 0 Å². The number of carbonyl (C=O) groups is 3. The average Bonchev–Trinajstić information content (AvgIpc) is 2.90. The molecule has 1 heterocycles. The molecule has 2 amide bonds. The summed E-state index contributed by atoms with van der Waals surface area (Å²) in [4.78, 5) is 36.6. The Balaban J connectivity index is 2.10. The first-order chi connectivity index (χ1) is 10.9. The van der Waals surface area contributed by atoms with E-state index in [1.807, 2.05) is 13.8 Å². The van der Waals surface area contributed by atoms with E-state index in [0.717, 1.165) is 12.8 Å². The van der Waals surface area contributed by atoms with E-state index in [1.54, 1.807) is 24.3 Å². The maximum Gasteiger partial charge on any atom is 0.308 e. The average molecular weight is 318 g/mol. The quantitative estimate of drug-likeness (QED) is 0.843. The van der Waals surface area contributed by atoms with Crippen LogP contribution < -0.4 is 10.2 Å². The van der Waals surface area contributed by atoms with Gasteiger partial charge in [0.2, 0.25) is 11.8 Å². The fourth-order valence-corrected chi connectivity index (χ4v) is 2.70. The van der Waals surface area contributed by atoms with Gasteiger partial charge in [0.05, 0.1) is 5.92 Å². The van der Waals surface area contributed by atoms with Crippen LogP contribution in [0, 0.1) is 11.8 Å². The molecule has 1 aliphatic rings. The highest BCUT2D eigenvalue weighted by Crippen LogP contribution is 2.27. The molecule has 0 bridgehead atoms. The molecule has 1 aromatic carbocycles. The summed E-state index contributed by atoms with van der Waals surface area (Å²) in [7, 11) is 0. The summed E-state index contributed by atoms with van der Waals surface area (Å²) in [5.74, 6) is -1.97. The molecule has 124 valence electrons. The Morgan fingerprint density at radius 3 is 2.78 bits per heavy atom. The standard InChI is InChI=1S/C17H22N2O4/c1-3-5-11(2)16(21)18-13-6-4-7-14(9-13)19-10-12(17(22)23)8-15(19)20/h4,6-7,9,11-12H,3,5,8,10H2,1-2H3,(H,18,21)(H,22,23)/t11-,12+/m0/s1. The van der Waals surface area contributed by atoms with Gasteiger partial charge in [0.1, 0.15) is 0 Å². The van der Waals surface area contributed by atoms with Gasteiger partial charge in [-0.2, -0.15) is 0 Å². The van der Waals surface area contributed by atoms with E-state index in [1.165, 1.54) is 4.90 Å². The zero-order valence-corrected chi connectivity index (χ0v) is 13.4. The highest BCUT2D eigenvalue weighted by Gasteiger charge is 2.35. The van der Waals surface area contributed by atoms with Crippen molar-refractivity contribution in [1.29, 1.82) is 0 Å². The van der Waals surface area contributed by atoms with E-state index in [9.17, 15) is 14.4 Å². The van der Waals surface area contributed by atoms with E-state index >= 15 is 0 Å². The number of aliphatic carboxylic acids is 1. The van der Waals surface area contributed by atoms with Crippen LogP contribution in [0.25, 0.3) is 0 Å². The summed E-state index contributed by atoms with van der Waals surface area (Å²) >= 11 is 0. The van der Waals surface area contributed by atoms with Crippen LogP contribution in [0.15, 0.2) is 24.3 Å². The molecular weight excluding hydrogens is 296 g/mol. The van der Waals surface area contributed by atoms with Gasteiger partial charge in [0.15, 0.2) is 0 Å². The molecule has 6 heteroatoms. The van der Waals surface area contributed by atoms with Gasteiger partial charge >= 0.3 is 5.97 Å². The first kappa shape index (κ1) is 17.0. The van der Waals surface area contributed by atoms with Crippen molar-refractivity contribution in [2.45, 2.75) is 33.1 Å². The van der Waals surface area contributed by atoms with E-state index in [0.29, 0.717) is 11.4 Å². The number of benzene rings is 1. The van der Waals surface area contributed by atoms with Gasteiger partial charge < -0.3 is 15.3 Å². The zero-order valence-electron chi connectivity index (χ0n) is 13.4. The number of amides is 2. The first-order valence-corrected chi connectivity index (χ1v) is 7.86. The highest BCUT2D eigenvalue weighted by atomic mass is 16.4. The van der Waals surface area contributed by atoms with Crippen molar-refractivity contribution >= 4 is 29.2 Å². The molecular formula is C17H22N2O4. The molecule has 2 rings (SSSR count). The normalized spacial score (nSPS) is 18.8.